The molecule has 0 spiro atoms. The van der Waals surface area contributed by atoms with Crippen LogP contribution in [0, 0.1) is 0 Å². The summed E-state index contributed by atoms with van der Waals surface area (Å²) in [6.07, 6.45) is 9.35. The molecule has 3 nitrogen and oxygen atoms in total. The van der Waals surface area contributed by atoms with E-state index in [0.717, 1.165) is 25.2 Å². The molecule has 3 heteroatoms. The molecule has 2 N–H and O–H groups in total. The van der Waals surface area contributed by atoms with E-state index in [2.05, 4.69) is 29.9 Å². The zero-order valence-electron chi connectivity index (χ0n) is 12.5. The SMILES string of the molecule is CCCCCCC(CN)N(C)CCc1ccccn1. The third kappa shape index (κ3) is 6.69. The second kappa shape index (κ2) is 9.93. The lowest BCUT2D eigenvalue weighted by molar-refractivity contribution is 0.232. The van der Waals surface area contributed by atoms with Crippen molar-refractivity contribution in [1.29, 1.82) is 0 Å². The maximum atomic E-state index is 5.90. The highest BCUT2D eigenvalue weighted by Gasteiger charge is 2.12. The van der Waals surface area contributed by atoms with Gasteiger partial charge in [0.2, 0.25) is 0 Å². The van der Waals surface area contributed by atoms with E-state index < -0.39 is 0 Å². The highest BCUT2D eigenvalue weighted by atomic mass is 15.1. The Balaban J connectivity index is 2.26. The molecule has 108 valence electrons. The molecule has 0 amide bonds. The van der Waals surface area contributed by atoms with Crippen molar-refractivity contribution in [3.8, 4) is 0 Å². The second-order valence-electron chi connectivity index (χ2n) is 5.29. The maximum Gasteiger partial charge on any atom is 0.0416 e. The van der Waals surface area contributed by atoms with Gasteiger partial charge in [0.15, 0.2) is 0 Å². The number of hydrogen-bond acceptors (Lipinski definition) is 3. The van der Waals surface area contributed by atoms with Crippen LogP contribution >= 0.6 is 0 Å². The molecule has 0 bridgehead atoms. The molecule has 0 saturated heterocycles. The number of rotatable bonds is 10. The zero-order valence-corrected chi connectivity index (χ0v) is 12.5. The van der Waals surface area contributed by atoms with Gasteiger partial charge in [-0.1, -0.05) is 38.7 Å². The summed E-state index contributed by atoms with van der Waals surface area (Å²) in [5, 5.41) is 0. The van der Waals surface area contributed by atoms with Gasteiger partial charge in [0.05, 0.1) is 0 Å². The molecule has 0 radical (unpaired) electrons. The predicted octanol–water partition coefficient (Wildman–Crippen LogP) is 2.85. The van der Waals surface area contributed by atoms with E-state index in [1.165, 1.54) is 32.1 Å². The van der Waals surface area contributed by atoms with Crippen LogP contribution in [0.25, 0.3) is 0 Å². The Kier molecular flexibility index (Phi) is 8.43. The van der Waals surface area contributed by atoms with Crippen LogP contribution in [0.4, 0.5) is 0 Å². The molecule has 0 aliphatic rings. The summed E-state index contributed by atoms with van der Waals surface area (Å²) in [4.78, 5) is 6.75. The third-order valence-electron chi connectivity index (χ3n) is 3.73. The summed E-state index contributed by atoms with van der Waals surface area (Å²) in [6.45, 7) is 4.04. The fraction of sp³-hybridized carbons (Fsp3) is 0.688. The average molecular weight is 263 g/mol. The fourth-order valence-corrected chi connectivity index (χ4v) is 2.34. The first kappa shape index (κ1) is 16.1. The van der Waals surface area contributed by atoms with Gasteiger partial charge >= 0.3 is 0 Å². The van der Waals surface area contributed by atoms with E-state index in [4.69, 9.17) is 5.73 Å². The van der Waals surface area contributed by atoms with Crippen molar-refractivity contribution in [1.82, 2.24) is 9.88 Å². The van der Waals surface area contributed by atoms with Gasteiger partial charge < -0.3 is 10.6 Å². The summed E-state index contributed by atoms with van der Waals surface area (Å²) in [5.41, 5.74) is 7.06. The standard InChI is InChI=1S/C16H29N3/c1-3-4-5-6-10-16(14-17)19(2)13-11-15-9-7-8-12-18-15/h7-9,12,16H,3-6,10-11,13-14,17H2,1-2H3. The van der Waals surface area contributed by atoms with Gasteiger partial charge in [-0.15, -0.1) is 0 Å². The van der Waals surface area contributed by atoms with Crippen molar-refractivity contribution >= 4 is 0 Å². The largest absolute Gasteiger partial charge is 0.329 e. The Morgan fingerprint density at radius 2 is 2.11 bits per heavy atom. The maximum absolute atomic E-state index is 5.90. The zero-order chi connectivity index (χ0) is 13.9. The van der Waals surface area contributed by atoms with E-state index >= 15 is 0 Å². The van der Waals surface area contributed by atoms with Gasteiger partial charge in [-0.05, 0) is 25.6 Å². The molecule has 1 rings (SSSR count). The summed E-state index contributed by atoms with van der Waals surface area (Å²) < 4.78 is 0. The van der Waals surface area contributed by atoms with Crippen LogP contribution < -0.4 is 5.73 Å². The minimum Gasteiger partial charge on any atom is -0.329 e. The predicted molar refractivity (Wildman–Crippen MR) is 82.2 cm³/mol. The van der Waals surface area contributed by atoms with Crippen molar-refractivity contribution in [2.45, 2.75) is 51.5 Å². The first-order valence-electron chi connectivity index (χ1n) is 7.58. The Labute approximate surface area is 118 Å². The number of nitrogens with two attached hydrogens (primary N) is 1. The summed E-state index contributed by atoms with van der Waals surface area (Å²) in [7, 11) is 2.18. The normalized spacial score (nSPS) is 12.8. The first-order valence-corrected chi connectivity index (χ1v) is 7.58. The highest BCUT2D eigenvalue weighted by Crippen LogP contribution is 2.09. The molecular formula is C16H29N3. The van der Waals surface area contributed by atoms with Gasteiger partial charge in [0.25, 0.3) is 0 Å². The van der Waals surface area contributed by atoms with Gasteiger partial charge in [0, 0.05) is 37.4 Å². The van der Waals surface area contributed by atoms with Crippen LogP contribution in [-0.4, -0.2) is 36.1 Å². The summed E-state index contributed by atoms with van der Waals surface area (Å²) in [6, 6.07) is 6.62. The van der Waals surface area contributed by atoms with Crippen molar-refractivity contribution < 1.29 is 0 Å². The van der Waals surface area contributed by atoms with E-state index in [9.17, 15) is 0 Å². The molecular weight excluding hydrogens is 234 g/mol. The van der Waals surface area contributed by atoms with E-state index in [0.29, 0.717) is 6.04 Å². The fourth-order valence-electron chi connectivity index (χ4n) is 2.34. The van der Waals surface area contributed by atoms with Gasteiger partial charge in [0.1, 0.15) is 0 Å². The number of aromatic nitrogens is 1. The Morgan fingerprint density at radius 3 is 2.74 bits per heavy atom. The molecule has 0 saturated carbocycles. The molecule has 1 aromatic rings. The van der Waals surface area contributed by atoms with Gasteiger partial charge in [-0.2, -0.15) is 0 Å². The van der Waals surface area contributed by atoms with Gasteiger partial charge in [-0.3, -0.25) is 4.98 Å². The lowest BCUT2D eigenvalue weighted by atomic mass is 10.1. The Hall–Kier alpha value is -0.930. The number of unbranched alkanes of at least 4 members (excludes halogenated alkanes) is 3. The van der Waals surface area contributed by atoms with Crippen LogP contribution in [0.3, 0.4) is 0 Å². The molecule has 0 aliphatic heterocycles. The van der Waals surface area contributed by atoms with Crippen LogP contribution in [-0.2, 0) is 6.42 Å². The minimum absolute atomic E-state index is 0.514. The lowest BCUT2D eigenvalue weighted by Crippen LogP contribution is -2.39. The second-order valence-corrected chi connectivity index (χ2v) is 5.29. The minimum atomic E-state index is 0.514. The quantitative estimate of drug-likeness (QED) is 0.660. The topological polar surface area (TPSA) is 42.1 Å². The number of likely N-dealkylation sites (N-methyl/N-ethyl adjacent to an activating group) is 1. The number of nitrogens with zero attached hydrogens (tertiary/aromatic N) is 2. The van der Waals surface area contributed by atoms with Crippen LogP contribution in [0.1, 0.15) is 44.7 Å². The number of hydrogen-bond donors (Lipinski definition) is 1. The average Bonchev–Trinajstić information content (AvgIpc) is 2.46. The molecule has 0 fully saturated rings. The Morgan fingerprint density at radius 1 is 1.26 bits per heavy atom. The van der Waals surface area contributed by atoms with Crippen molar-refractivity contribution in [3.05, 3.63) is 30.1 Å². The number of pyridine rings is 1. The Bertz CT molecular complexity index is 313. The first-order chi connectivity index (χ1) is 9.27. The van der Waals surface area contributed by atoms with Gasteiger partial charge in [-0.25, -0.2) is 0 Å². The van der Waals surface area contributed by atoms with Crippen LogP contribution in [0.5, 0.6) is 0 Å². The molecule has 1 unspecified atom stereocenters. The van der Waals surface area contributed by atoms with Crippen molar-refractivity contribution in [2.24, 2.45) is 5.73 Å². The summed E-state index contributed by atoms with van der Waals surface area (Å²) >= 11 is 0. The van der Waals surface area contributed by atoms with Crippen molar-refractivity contribution in [2.75, 3.05) is 20.1 Å². The van der Waals surface area contributed by atoms with E-state index in [-0.39, 0.29) is 0 Å². The highest BCUT2D eigenvalue weighted by molar-refractivity contribution is 5.03. The van der Waals surface area contributed by atoms with Crippen molar-refractivity contribution in [3.63, 3.8) is 0 Å². The molecule has 1 aromatic heterocycles. The third-order valence-corrected chi connectivity index (χ3v) is 3.73. The van der Waals surface area contributed by atoms with E-state index in [1.54, 1.807) is 0 Å². The molecule has 0 aromatic carbocycles. The monoisotopic (exact) mass is 263 g/mol. The molecule has 1 heterocycles. The molecule has 1 atom stereocenters. The smallest absolute Gasteiger partial charge is 0.0416 e. The molecule has 0 aliphatic carbocycles. The lowest BCUT2D eigenvalue weighted by Gasteiger charge is -2.26. The van der Waals surface area contributed by atoms with E-state index in [1.807, 2.05) is 18.3 Å². The van der Waals surface area contributed by atoms with Crippen LogP contribution in [0.15, 0.2) is 24.4 Å². The van der Waals surface area contributed by atoms with Crippen LogP contribution in [0.2, 0.25) is 0 Å². The molecule has 19 heavy (non-hydrogen) atoms. The summed E-state index contributed by atoms with van der Waals surface area (Å²) in [5.74, 6) is 0.